The van der Waals surface area contributed by atoms with Crippen molar-refractivity contribution in [2.75, 3.05) is 18.5 Å². The second-order valence-electron chi connectivity index (χ2n) is 4.60. The average Bonchev–Trinajstić information content (AvgIpc) is 2.43. The van der Waals surface area contributed by atoms with Crippen molar-refractivity contribution in [2.45, 2.75) is 20.3 Å². The fourth-order valence-corrected chi connectivity index (χ4v) is 2.04. The van der Waals surface area contributed by atoms with Gasteiger partial charge in [0.1, 0.15) is 5.75 Å². The Kier molecular flexibility index (Phi) is 4.85. The van der Waals surface area contributed by atoms with E-state index in [9.17, 15) is 0 Å². The number of hydrogen-bond acceptors (Lipinski definition) is 2. The molecule has 0 atom stereocenters. The summed E-state index contributed by atoms with van der Waals surface area (Å²) in [6, 6.07) is 16.8. The summed E-state index contributed by atoms with van der Waals surface area (Å²) in [5.41, 5.74) is 3.64. The highest BCUT2D eigenvalue weighted by molar-refractivity contribution is 5.57. The zero-order chi connectivity index (χ0) is 13.5. The van der Waals surface area contributed by atoms with E-state index in [1.165, 1.54) is 11.1 Å². The molecule has 0 aliphatic carbocycles. The largest absolute Gasteiger partial charge is 0.492 e. The van der Waals surface area contributed by atoms with Crippen molar-refractivity contribution >= 4 is 5.69 Å². The summed E-state index contributed by atoms with van der Waals surface area (Å²) < 4.78 is 5.66. The molecule has 0 fully saturated rings. The van der Waals surface area contributed by atoms with Gasteiger partial charge < -0.3 is 10.1 Å². The van der Waals surface area contributed by atoms with Crippen LogP contribution in [0, 0.1) is 6.92 Å². The Morgan fingerprint density at radius 3 is 2.58 bits per heavy atom. The van der Waals surface area contributed by atoms with Crippen LogP contribution in [0.1, 0.15) is 18.1 Å². The summed E-state index contributed by atoms with van der Waals surface area (Å²) in [4.78, 5) is 0. The molecule has 2 aromatic carbocycles. The monoisotopic (exact) mass is 255 g/mol. The minimum absolute atomic E-state index is 0.691. The summed E-state index contributed by atoms with van der Waals surface area (Å²) in [5, 5.41) is 3.45. The Balaban J connectivity index is 1.95. The first-order chi connectivity index (χ1) is 9.29. The van der Waals surface area contributed by atoms with Crippen LogP contribution in [0.15, 0.2) is 48.5 Å². The smallest absolute Gasteiger partial charge is 0.142 e. The molecule has 0 aliphatic heterocycles. The predicted octanol–water partition coefficient (Wildman–Crippen LogP) is 4.05. The number of nitrogens with one attached hydrogen (secondary N) is 1. The number of rotatable bonds is 6. The Morgan fingerprint density at radius 2 is 1.84 bits per heavy atom. The molecular formula is C17H21NO. The Morgan fingerprint density at radius 1 is 1.05 bits per heavy atom. The van der Waals surface area contributed by atoms with Gasteiger partial charge in [0.25, 0.3) is 0 Å². The highest BCUT2D eigenvalue weighted by Gasteiger charge is 2.03. The third-order valence-corrected chi connectivity index (χ3v) is 3.01. The van der Waals surface area contributed by atoms with Crippen molar-refractivity contribution in [1.29, 1.82) is 0 Å². The van der Waals surface area contributed by atoms with Crippen LogP contribution in [-0.4, -0.2) is 13.2 Å². The van der Waals surface area contributed by atoms with Crippen LogP contribution in [0.4, 0.5) is 5.69 Å². The van der Waals surface area contributed by atoms with Gasteiger partial charge in [0, 0.05) is 6.54 Å². The van der Waals surface area contributed by atoms with Crippen molar-refractivity contribution in [1.82, 2.24) is 0 Å². The van der Waals surface area contributed by atoms with Crippen LogP contribution in [0.3, 0.4) is 0 Å². The lowest BCUT2D eigenvalue weighted by atomic mass is 10.1. The maximum atomic E-state index is 5.66. The number of hydrogen-bond donors (Lipinski definition) is 1. The molecule has 0 heterocycles. The molecule has 0 unspecified atom stereocenters. The summed E-state index contributed by atoms with van der Waals surface area (Å²) in [6.07, 6.45) is 1.01. The van der Waals surface area contributed by atoms with Gasteiger partial charge in [-0.15, -0.1) is 0 Å². The number of ether oxygens (including phenoxy) is 1. The summed E-state index contributed by atoms with van der Waals surface area (Å²) in [7, 11) is 0. The Bertz CT molecular complexity index is 508. The van der Waals surface area contributed by atoms with E-state index < -0.39 is 0 Å². The van der Waals surface area contributed by atoms with Crippen molar-refractivity contribution < 1.29 is 4.74 Å². The van der Waals surface area contributed by atoms with Crippen molar-refractivity contribution in [3.05, 3.63) is 59.7 Å². The van der Waals surface area contributed by atoms with Crippen LogP contribution in [0.5, 0.6) is 5.75 Å². The fraction of sp³-hybridized carbons (Fsp3) is 0.294. The molecular weight excluding hydrogens is 234 g/mol. The van der Waals surface area contributed by atoms with Gasteiger partial charge in [0.05, 0.1) is 12.3 Å². The SMILES string of the molecule is CCOc1cc(C)ccc1NCCc1ccccc1. The Labute approximate surface area is 115 Å². The van der Waals surface area contributed by atoms with Gasteiger partial charge in [0.2, 0.25) is 0 Å². The minimum atomic E-state index is 0.691. The van der Waals surface area contributed by atoms with Gasteiger partial charge in [-0.25, -0.2) is 0 Å². The van der Waals surface area contributed by atoms with Gasteiger partial charge in [-0.2, -0.15) is 0 Å². The second kappa shape index (κ2) is 6.83. The van der Waals surface area contributed by atoms with Crippen molar-refractivity contribution in [3.8, 4) is 5.75 Å². The molecule has 0 radical (unpaired) electrons. The Hall–Kier alpha value is -1.96. The lowest BCUT2D eigenvalue weighted by Crippen LogP contribution is -2.07. The number of benzene rings is 2. The zero-order valence-corrected chi connectivity index (χ0v) is 11.6. The standard InChI is InChI=1S/C17H21NO/c1-3-19-17-13-14(2)9-10-16(17)18-12-11-15-7-5-4-6-8-15/h4-10,13,18H,3,11-12H2,1-2H3. The van der Waals surface area contributed by atoms with Crippen molar-refractivity contribution in [3.63, 3.8) is 0 Å². The molecule has 2 nitrogen and oxygen atoms in total. The van der Waals surface area contributed by atoms with Crippen molar-refractivity contribution in [2.24, 2.45) is 0 Å². The average molecular weight is 255 g/mol. The molecule has 0 spiro atoms. The lowest BCUT2D eigenvalue weighted by molar-refractivity contribution is 0.341. The molecule has 2 heteroatoms. The molecule has 0 saturated heterocycles. The van der Waals surface area contributed by atoms with E-state index in [1.54, 1.807) is 0 Å². The molecule has 2 rings (SSSR count). The number of aryl methyl sites for hydroxylation is 1. The van der Waals surface area contributed by atoms with Crippen LogP contribution in [-0.2, 0) is 6.42 Å². The van der Waals surface area contributed by atoms with Crippen LogP contribution in [0.2, 0.25) is 0 Å². The maximum Gasteiger partial charge on any atom is 0.142 e. The van der Waals surface area contributed by atoms with Gasteiger partial charge >= 0.3 is 0 Å². The third kappa shape index (κ3) is 4.02. The van der Waals surface area contributed by atoms with E-state index in [0.717, 1.165) is 24.4 Å². The van der Waals surface area contributed by atoms with E-state index in [0.29, 0.717) is 6.61 Å². The molecule has 0 bridgehead atoms. The first-order valence-corrected chi connectivity index (χ1v) is 6.81. The van der Waals surface area contributed by atoms with E-state index >= 15 is 0 Å². The summed E-state index contributed by atoms with van der Waals surface area (Å²) in [6.45, 7) is 5.69. The first-order valence-electron chi connectivity index (χ1n) is 6.81. The molecule has 0 amide bonds. The fourth-order valence-electron chi connectivity index (χ4n) is 2.04. The zero-order valence-electron chi connectivity index (χ0n) is 11.6. The highest BCUT2D eigenvalue weighted by atomic mass is 16.5. The van der Waals surface area contributed by atoms with E-state index in [2.05, 4.69) is 54.7 Å². The topological polar surface area (TPSA) is 21.3 Å². The van der Waals surface area contributed by atoms with Crippen LogP contribution in [0.25, 0.3) is 0 Å². The lowest BCUT2D eigenvalue weighted by Gasteiger charge is -2.13. The number of anilines is 1. The van der Waals surface area contributed by atoms with Gasteiger partial charge in [-0.05, 0) is 43.5 Å². The van der Waals surface area contributed by atoms with Gasteiger partial charge in [0.15, 0.2) is 0 Å². The predicted molar refractivity (Wildman–Crippen MR) is 81.0 cm³/mol. The molecule has 0 saturated carbocycles. The normalized spacial score (nSPS) is 10.2. The molecule has 1 N–H and O–H groups in total. The molecule has 100 valence electrons. The molecule has 0 aromatic heterocycles. The maximum absolute atomic E-state index is 5.66. The highest BCUT2D eigenvalue weighted by Crippen LogP contribution is 2.25. The quantitative estimate of drug-likeness (QED) is 0.841. The van der Waals surface area contributed by atoms with E-state index in [-0.39, 0.29) is 0 Å². The molecule has 19 heavy (non-hydrogen) atoms. The summed E-state index contributed by atoms with van der Waals surface area (Å²) in [5.74, 6) is 0.940. The third-order valence-electron chi connectivity index (χ3n) is 3.01. The van der Waals surface area contributed by atoms with E-state index in [4.69, 9.17) is 4.74 Å². The second-order valence-corrected chi connectivity index (χ2v) is 4.60. The minimum Gasteiger partial charge on any atom is -0.492 e. The van der Waals surface area contributed by atoms with Gasteiger partial charge in [-0.3, -0.25) is 0 Å². The summed E-state index contributed by atoms with van der Waals surface area (Å²) >= 11 is 0. The van der Waals surface area contributed by atoms with E-state index in [1.807, 2.05) is 13.0 Å². The van der Waals surface area contributed by atoms with Crippen LogP contribution >= 0.6 is 0 Å². The van der Waals surface area contributed by atoms with Crippen LogP contribution < -0.4 is 10.1 Å². The molecule has 2 aromatic rings. The first kappa shape index (κ1) is 13.5. The van der Waals surface area contributed by atoms with Gasteiger partial charge in [-0.1, -0.05) is 36.4 Å². The molecule has 0 aliphatic rings.